The molecule has 66 valence electrons. The number of anilines is 1. The molecule has 12 heavy (non-hydrogen) atoms. The first-order valence-electron chi connectivity index (χ1n) is 4.08. The number of imidazole rings is 1. The van der Waals surface area contributed by atoms with Crippen molar-refractivity contribution < 1.29 is 0 Å². The predicted octanol–water partition coefficient (Wildman–Crippen LogP) is 1.80. The Morgan fingerprint density at radius 1 is 1.83 bits per heavy atom. The van der Waals surface area contributed by atoms with Crippen molar-refractivity contribution in [3.63, 3.8) is 0 Å². The Morgan fingerprint density at radius 3 is 3.08 bits per heavy atom. The van der Waals surface area contributed by atoms with Crippen LogP contribution in [0.2, 0.25) is 0 Å². The quantitative estimate of drug-likeness (QED) is 0.689. The molecule has 1 atom stereocenters. The summed E-state index contributed by atoms with van der Waals surface area (Å²) in [5.74, 6) is 0.907. The third-order valence-corrected chi connectivity index (χ3v) is 1.72. The van der Waals surface area contributed by atoms with Gasteiger partial charge in [0.15, 0.2) is 0 Å². The van der Waals surface area contributed by atoms with Gasteiger partial charge in [0.25, 0.3) is 0 Å². The van der Waals surface area contributed by atoms with Crippen molar-refractivity contribution in [2.75, 3.05) is 5.32 Å². The van der Waals surface area contributed by atoms with Crippen molar-refractivity contribution >= 4 is 5.95 Å². The Bertz CT molecular complexity index is 252. The van der Waals surface area contributed by atoms with Crippen LogP contribution in [-0.4, -0.2) is 15.6 Å². The van der Waals surface area contributed by atoms with Gasteiger partial charge in [0.05, 0.1) is 0 Å². The fourth-order valence-electron chi connectivity index (χ4n) is 1.03. The molecule has 0 saturated carbocycles. The third-order valence-electron chi connectivity index (χ3n) is 1.72. The van der Waals surface area contributed by atoms with Gasteiger partial charge in [-0.05, 0) is 13.3 Å². The summed E-state index contributed by atoms with van der Waals surface area (Å²) < 4.78 is 1.96. The third kappa shape index (κ3) is 2.12. The molecule has 0 aliphatic carbocycles. The molecule has 0 aliphatic rings. The van der Waals surface area contributed by atoms with E-state index in [1.54, 1.807) is 6.20 Å². The summed E-state index contributed by atoms with van der Waals surface area (Å²) in [6.07, 6.45) is 6.55. The Hall–Kier alpha value is -1.25. The number of hydrogen-bond donors (Lipinski definition) is 1. The molecule has 0 aromatic carbocycles. The Balaban J connectivity index is 2.51. The van der Waals surface area contributed by atoms with Gasteiger partial charge >= 0.3 is 0 Å². The molecule has 1 rings (SSSR count). The molecule has 1 aromatic rings. The molecule has 0 radical (unpaired) electrons. The average Bonchev–Trinajstić information content (AvgIpc) is 2.37. The molecular weight excluding hydrogens is 150 g/mol. The largest absolute Gasteiger partial charge is 0.353 e. The maximum atomic E-state index is 4.16. The van der Waals surface area contributed by atoms with Crippen molar-refractivity contribution in [1.82, 2.24) is 9.55 Å². The Morgan fingerprint density at radius 2 is 2.58 bits per heavy atom. The van der Waals surface area contributed by atoms with E-state index in [9.17, 15) is 0 Å². The Kier molecular flexibility index (Phi) is 2.91. The molecule has 0 saturated heterocycles. The molecule has 0 amide bonds. The molecule has 0 spiro atoms. The van der Waals surface area contributed by atoms with Crippen molar-refractivity contribution in [3.05, 3.63) is 25.0 Å². The van der Waals surface area contributed by atoms with Crippen molar-refractivity contribution in [2.24, 2.45) is 7.05 Å². The summed E-state index contributed by atoms with van der Waals surface area (Å²) in [6.45, 7) is 5.79. The summed E-state index contributed by atoms with van der Waals surface area (Å²) in [6, 6.07) is 0.392. The van der Waals surface area contributed by atoms with Gasteiger partial charge in [0.2, 0.25) is 5.95 Å². The smallest absolute Gasteiger partial charge is 0.202 e. The number of aryl methyl sites for hydroxylation is 1. The van der Waals surface area contributed by atoms with E-state index >= 15 is 0 Å². The first-order valence-corrected chi connectivity index (χ1v) is 4.08. The average molecular weight is 165 g/mol. The highest BCUT2D eigenvalue weighted by atomic mass is 15.2. The highest BCUT2D eigenvalue weighted by molar-refractivity contribution is 5.26. The van der Waals surface area contributed by atoms with Crippen LogP contribution >= 0.6 is 0 Å². The number of rotatable bonds is 4. The van der Waals surface area contributed by atoms with Gasteiger partial charge in [0.1, 0.15) is 0 Å². The number of aromatic nitrogens is 2. The van der Waals surface area contributed by atoms with Crippen LogP contribution in [0, 0.1) is 0 Å². The number of nitrogens with one attached hydrogen (secondary N) is 1. The fourth-order valence-corrected chi connectivity index (χ4v) is 1.03. The van der Waals surface area contributed by atoms with E-state index < -0.39 is 0 Å². The number of hydrogen-bond acceptors (Lipinski definition) is 2. The van der Waals surface area contributed by atoms with Crippen LogP contribution in [0.5, 0.6) is 0 Å². The van der Waals surface area contributed by atoms with E-state index in [0.29, 0.717) is 6.04 Å². The Labute approximate surface area is 73.1 Å². The molecule has 1 N–H and O–H groups in total. The van der Waals surface area contributed by atoms with Crippen LogP contribution in [0.3, 0.4) is 0 Å². The topological polar surface area (TPSA) is 29.9 Å². The lowest BCUT2D eigenvalue weighted by atomic mass is 10.2. The standard InChI is InChI=1S/C9H15N3/c1-4-5-8(2)11-9-10-6-7-12(9)3/h4,6-8H,1,5H2,2-3H3,(H,10,11). The zero-order valence-electron chi connectivity index (χ0n) is 7.62. The van der Waals surface area contributed by atoms with Crippen LogP contribution in [0.15, 0.2) is 25.0 Å². The van der Waals surface area contributed by atoms with E-state index in [2.05, 4.69) is 23.8 Å². The SMILES string of the molecule is C=CCC(C)Nc1nccn1C. The highest BCUT2D eigenvalue weighted by Gasteiger charge is 2.02. The van der Waals surface area contributed by atoms with Gasteiger partial charge in [-0.25, -0.2) is 4.98 Å². The van der Waals surface area contributed by atoms with Crippen LogP contribution in [-0.2, 0) is 7.05 Å². The van der Waals surface area contributed by atoms with Crippen LogP contribution in [0.1, 0.15) is 13.3 Å². The second-order valence-corrected chi connectivity index (χ2v) is 2.93. The predicted molar refractivity (Wildman–Crippen MR) is 51.1 cm³/mol. The first-order chi connectivity index (χ1) is 5.74. The summed E-state index contributed by atoms with van der Waals surface area (Å²) in [5.41, 5.74) is 0. The zero-order chi connectivity index (χ0) is 8.97. The van der Waals surface area contributed by atoms with Crippen LogP contribution in [0.25, 0.3) is 0 Å². The van der Waals surface area contributed by atoms with E-state index in [1.807, 2.05) is 23.9 Å². The second-order valence-electron chi connectivity index (χ2n) is 2.93. The monoisotopic (exact) mass is 165 g/mol. The minimum Gasteiger partial charge on any atom is -0.353 e. The lowest BCUT2D eigenvalue weighted by molar-refractivity contribution is 0.779. The summed E-state index contributed by atoms with van der Waals surface area (Å²) in [5, 5.41) is 3.27. The molecule has 0 fully saturated rings. The molecule has 0 aliphatic heterocycles. The van der Waals surface area contributed by atoms with E-state index in [0.717, 1.165) is 12.4 Å². The van der Waals surface area contributed by atoms with Gasteiger partial charge in [-0.3, -0.25) is 0 Å². The van der Waals surface area contributed by atoms with Crippen molar-refractivity contribution in [3.8, 4) is 0 Å². The molecular formula is C9H15N3. The maximum absolute atomic E-state index is 4.16. The lowest BCUT2D eigenvalue weighted by Crippen LogP contribution is -2.16. The maximum Gasteiger partial charge on any atom is 0.202 e. The van der Waals surface area contributed by atoms with E-state index in [1.165, 1.54) is 0 Å². The molecule has 3 heteroatoms. The van der Waals surface area contributed by atoms with Gasteiger partial charge in [-0.1, -0.05) is 6.08 Å². The first kappa shape index (κ1) is 8.84. The molecule has 3 nitrogen and oxygen atoms in total. The highest BCUT2D eigenvalue weighted by Crippen LogP contribution is 2.05. The van der Waals surface area contributed by atoms with Gasteiger partial charge in [-0.15, -0.1) is 6.58 Å². The van der Waals surface area contributed by atoms with Crippen molar-refractivity contribution in [2.45, 2.75) is 19.4 Å². The van der Waals surface area contributed by atoms with Gasteiger partial charge in [-0.2, -0.15) is 0 Å². The molecule has 1 unspecified atom stereocenters. The van der Waals surface area contributed by atoms with Gasteiger partial charge < -0.3 is 9.88 Å². The second kappa shape index (κ2) is 3.95. The number of nitrogens with zero attached hydrogens (tertiary/aromatic N) is 2. The molecule has 1 heterocycles. The molecule has 0 bridgehead atoms. The fraction of sp³-hybridized carbons (Fsp3) is 0.444. The van der Waals surface area contributed by atoms with E-state index in [4.69, 9.17) is 0 Å². The van der Waals surface area contributed by atoms with Gasteiger partial charge in [0, 0.05) is 25.5 Å². The van der Waals surface area contributed by atoms with Crippen LogP contribution < -0.4 is 5.32 Å². The lowest BCUT2D eigenvalue weighted by Gasteiger charge is -2.11. The van der Waals surface area contributed by atoms with E-state index in [-0.39, 0.29) is 0 Å². The summed E-state index contributed by atoms with van der Waals surface area (Å²) in [4.78, 5) is 4.16. The molecule has 1 aromatic heterocycles. The summed E-state index contributed by atoms with van der Waals surface area (Å²) in [7, 11) is 1.97. The normalized spacial score (nSPS) is 12.5. The minimum atomic E-state index is 0.392. The van der Waals surface area contributed by atoms with Crippen LogP contribution in [0.4, 0.5) is 5.95 Å². The van der Waals surface area contributed by atoms with Crippen molar-refractivity contribution in [1.29, 1.82) is 0 Å². The summed E-state index contributed by atoms with van der Waals surface area (Å²) >= 11 is 0. The zero-order valence-corrected chi connectivity index (χ0v) is 7.62. The minimum absolute atomic E-state index is 0.392.